The molecule has 0 aliphatic carbocycles. The fraction of sp³-hybridized carbons (Fsp3) is 0.440. The Morgan fingerprint density at radius 3 is 2.34 bits per heavy atom. The van der Waals surface area contributed by atoms with Gasteiger partial charge in [0.05, 0.1) is 18.7 Å². The van der Waals surface area contributed by atoms with Crippen LogP contribution in [0.4, 0.5) is 23.1 Å². The van der Waals surface area contributed by atoms with Gasteiger partial charge < -0.3 is 68.2 Å². The lowest BCUT2D eigenvalue weighted by atomic mass is 10.0. The van der Waals surface area contributed by atoms with Crippen LogP contribution < -0.4 is 38.3 Å². The van der Waals surface area contributed by atoms with Crippen LogP contribution in [0.3, 0.4) is 0 Å². The number of nitrogen functional groups attached to an aromatic ring is 1. The molecular weight excluding hydrogens is 588 g/mol. The average Bonchev–Trinajstić information content (AvgIpc) is 3.00. The molecule has 0 radical (unpaired) electrons. The topological polar surface area (TPSA) is 336 Å². The van der Waals surface area contributed by atoms with Crippen LogP contribution in [0.5, 0.6) is 0 Å². The SMILES string of the molecule is N[C@@H](C=O)[C@@H](O)[C@H](O)[C@H](O)CO.Nc1nc2c(c(=O)[nH]1)N[C@H](CNc1ccc(C(=O)NC(CCC(=O)O)C(=O)O)cc1)CN2. The summed E-state index contributed by atoms with van der Waals surface area (Å²) < 4.78 is 0. The van der Waals surface area contributed by atoms with E-state index < -0.39 is 54.8 Å². The van der Waals surface area contributed by atoms with E-state index in [9.17, 15) is 24.0 Å². The first-order chi connectivity index (χ1) is 20.8. The van der Waals surface area contributed by atoms with Crippen molar-refractivity contribution in [1.29, 1.82) is 0 Å². The molecule has 0 saturated heterocycles. The number of nitrogens with two attached hydrogens (primary N) is 2. The molecule has 1 aromatic carbocycles. The van der Waals surface area contributed by atoms with E-state index in [0.29, 0.717) is 30.3 Å². The Balaban J connectivity index is 0.000000477. The molecule has 6 atom stereocenters. The number of nitrogens with one attached hydrogen (secondary N) is 5. The summed E-state index contributed by atoms with van der Waals surface area (Å²) in [7, 11) is 0. The van der Waals surface area contributed by atoms with Gasteiger partial charge >= 0.3 is 11.9 Å². The molecule has 1 amide bonds. The lowest BCUT2D eigenvalue weighted by molar-refractivity contribution is -0.140. The zero-order valence-corrected chi connectivity index (χ0v) is 23.2. The third-order valence-electron chi connectivity index (χ3n) is 6.23. The summed E-state index contributed by atoms with van der Waals surface area (Å²) in [5.74, 6) is -2.64. The summed E-state index contributed by atoms with van der Waals surface area (Å²) in [5.41, 5.74) is 11.4. The number of rotatable bonds is 14. The van der Waals surface area contributed by atoms with Crippen molar-refractivity contribution in [2.24, 2.45) is 5.73 Å². The Bertz CT molecular complexity index is 1340. The molecule has 44 heavy (non-hydrogen) atoms. The molecule has 3 rings (SSSR count). The molecule has 1 aliphatic rings. The molecule has 19 nitrogen and oxygen atoms in total. The zero-order chi connectivity index (χ0) is 33.0. The van der Waals surface area contributed by atoms with Gasteiger partial charge in [-0.05, 0) is 30.7 Å². The lowest BCUT2D eigenvalue weighted by Gasteiger charge is -2.27. The highest BCUT2D eigenvalue weighted by Crippen LogP contribution is 2.20. The maximum Gasteiger partial charge on any atom is 0.326 e. The van der Waals surface area contributed by atoms with E-state index in [1.165, 1.54) is 12.1 Å². The van der Waals surface area contributed by atoms with Crippen LogP contribution >= 0.6 is 0 Å². The zero-order valence-electron chi connectivity index (χ0n) is 23.2. The van der Waals surface area contributed by atoms with E-state index in [-0.39, 0.29) is 42.2 Å². The number of fused-ring (bicyclic) bond motifs is 1. The maximum atomic E-state index is 12.3. The van der Waals surface area contributed by atoms with Gasteiger partial charge in [-0.25, -0.2) is 4.79 Å². The van der Waals surface area contributed by atoms with Crippen LogP contribution in [0.1, 0.15) is 23.2 Å². The molecule has 2 heterocycles. The summed E-state index contributed by atoms with van der Waals surface area (Å²) in [6.45, 7) is 0.255. The maximum absolute atomic E-state index is 12.3. The Kier molecular flexibility index (Phi) is 13.4. The van der Waals surface area contributed by atoms with Gasteiger partial charge in [-0.2, -0.15) is 4.98 Å². The minimum atomic E-state index is -1.62. The van der Waals surface area contributed by atoms with E-state index in [2.05, 4.69) is 31.2 Å². The van der Waals surface area contributed by atoms with Gasteiger partial charge in [-0.1, -0.05) is 0 Å². The number of carbonyl (C=O) groups is 4. The average molecular weight is 625 g/mol. The predicted molar refractivity (Wildman–Crippen MR) is 155 cm³/mol. The number of aldehydes is 1. The molecular formula is C25H36N8O11. The van der Waals surface area contributed by atoms with E-state index in [0.717, 1.165) is 0 Å². The monoisotopic (exact) mass is 624 g/mol. The van der Waals surface area contributed by atoms with Crippen LogP contribution in [0, 0.1) is 0 Å². The van der Waals surface area contributed by atoms with Crippen LogP contribution in [-0.4, -0.2) is 121 Å². The number of aliphatic hydroxyl groups excluding tert-OH is 4. The van der Waals surface area contributed by atoms with E-state index in [1.807, 2.05) is 0 Å². The highest BCUT2D eigenvalue weighted by atomic mass is 16.4. The van der Waals surface area contributed by atoms with E-state index in [4.69, 9.17) is 42.1 Å². The number of hydrogen-bond acceptors (Lipinski definition) is 15. The van der Waals surface area contributed by atoms with Crippen LogP contribution in [-0.2, 0) is 14.4 Å². The highest BCUT2D eigenvalue weighted by Gasteiger charge is 2.28. The Morgan fingerprint density at radius 1 is 1.11 bits per heavy atom. The van der Waals surface area contributed by atoms with Gasteiger partial charge in [0.2, 0.25) is 5.95 Å². The smallest absolute Gasteiger partial charge is 0.326 e. The summed E-state index contributed by atoms with van der Waals surface area (Å²) in [6.07, 6.45) is -5.01. The van der Waals surface area contributed by atoms with Crippen molar-refractivity contribution < 1.29 is 49.8 Å². The molecule has 2 aromatic rings. The number of anilines is 4. The molecule has 0 saturated carbocycles. The largest absolute Gasteiger partial charge is 0.481 e. The first-order valence-corrected chi connectivity index (χ1v) is 13.1. The molecule has 0 fully saturated rings. The number of carbonyl (C=O) groups excluding carboxylic acids is 2. The number of aromatic amines is 1. The van der Waals surface area contributed by atoms with Gasteiger partial charge in [0, 0.05) is 30.8 Å². The number of carboxylic acids is 2. The van der Waals surface area contributed by atoms with Crippen molar-refractivity contribution in [1.82, 2.24) is 15.3 Å². The summed E-state index contributed by atoms with van der Waals surface area (Å²) in [4.78, 5) is 62.6. The van der Waals surface area contributed by atoms with E-state index in [1.54, 1.807) is 12.1 Å². The number of H-pyrrole nitrogens is 1. The van der Waals surface area contributed by atoms with E-state index >= 15 is 0 Å². The second-order valence-electron chi connectivity index (χ2n) is 9.60. The van der Waals surface area contributed by atoms with Crippen molar-refractivity contribution in [3.8, 4) is 0 Å². The van der Waals surface area contributed by atoms with Gasteiger partial charge in [0.25, 0.3) is 11.5 Å². The molecule has 0 spiro atoms. The number of amides is 1. The third-order valence-corrected chi connectivity index (χ3v) is 6.23. The standard InChI is InChI=1S/C19H23N7O6.C6H13NO5/c20-19-25-15-14(17(30)26-19)23-11(8-22-15)7-21-10-3-1-9(2-4-10)16(29)24-12(18(31)32)5-6-13(27)28;7-3(1-8)5(11)6(12)4(10)2-9/h1-4,11-12,21,23H,5-8H2,(H,24,29)(H,27,28)(H,31,32)(H4,20,22,25,26,30);1,3-6,9-12H,2,7H2/t11-,12?;3-,4+,5+,6+/m10/s1. The molecule has 1 unspecified atom stereocenters. The number of nitrogens with zero attached hydrogens (tertiary/aromatic N) is 1. The normalized spacial score (nSPS) is 17.0. The van der Waals surface area contributed by atoms with Gasteiger partial charge in [0.15, 0.2) is 5.82 Å². The predicted octanol–water partition coefficient (Wildman–Crippen LogP) is -3.69. The Morgan fingerprint density at radius 2 is 1.77 bits per heavy atom. The molecule has 242 valence electrons. The van der Waals surface area contributed by atoms with Crippen molar-refractivity contribution in [3.63, 3.8) is 0 Å². The van der Waals surface area contributed by atoms with Crippen molar-refractivity contribution in [3.05, 3.63) is 40.2 Å². The van der Waals surface area contributed by atoms with Crippen LogP contribution in [0.15, 0.2) is 29.1 Å². The molecule has 1 aliphatic heterocycles. The lowest BCUT2D eigenvalue weighted by Crippen LogP contribution is -2.49. The second kappa shape index (κ2) is 16.7. The van der Waals surface area contributed by atoms with Crippen molar-refractivity contribution in [2.75, 3.05) is 41.4 Å². The number of aliphatic hydroxyl groups is 4. The van der Waals surface area contributed by atoms with Gasteiger partial charge in [-0.3, -0.25) is 19.4 Å². The number of hydrogen-bond donors (Lipinski definition) is 13. The first-order valence-electron chi connectivity index (χ1n) is 13.1. The Hall–Kier alpha value is -4.82. The van der Waals surface area contributed by atoms with Crippen molar-refractivity contribution >= 4 is 47.3 Å². The highest BCUT2D eigenvalue weighted by molar-refractivity contribution is 5.97. The number of benzene rings is 1. The summed E-state index contributed by atoms with van der Waals surface area (Å²) in [6, 6.07) is 3.67. The number of aromatic nitrogens is 2. The molecule has 15 N–H and O–H groups in total. The van der Waals surface area contributed by atoms with Gasteiger partial charge in [-0.15, -0.1) is 0 Å². The number of aliphatic carboxylic acids is 2. The third kappa shape index (κ3) is 10.5. The molecule has 0 bridgehead atoms. The quantitative estimate of drug-likeness (QED) is 0.0899. The van der Waals surface area contributed by atoms with Crippen LogP contribution in [0.25, 0.3) is 0 Å². The van der Waals surface area contributed by atoms with Gasteiger partial charge in [0.1, 0.15) is 36.3 Å². The minimum Gasteiger partial charge on any atom is -0.481 e. The molecule has 19 heteroatoms. The Labute approximate surface area is 249 Å². The number of carboxylic acid groups (broad SMARTS) is 2. The molecule has 1 aromatic heterocycles. The fourth-order valence-electron chi connectivity index (χ4n) is 3.74. The second-order valence-corrected chi connectivity index (χ2v) is 9.60. The first kappa shape index (κ1) is 35.4. The minimum absolute atomic E-state index is 0.0281. The van der Waals surface area contributed by atoms with Crippen LogP contribution in [0.2, 0.25) is 0 Å². The summed E-state index contributed by atoms with van der Waals surface area (Å²) in [5, 5.41) is 64.7. The summed E-state index contributed by atoms with van der Waals surface area (Å²) >= 11 is 0. The van der Waals surface area contributed by atoms with Crippen molar-refractivity contribution in [2.45, 2.75) is 49.3 Å². The fourth-order valence-corrected chi connectivity index (χ4v) is 3.74.